The van der Waals surface area contributed by atoms with Crippen molar-refractivity contribution in [2.24, 2.45) is 0 Å². The molecule has 0 aliphatic rings. The third-order valence-electron chi connectivity index (χ3n) is 4.00. The van der Waals surface area contributed by atoms with Gasteiger partial charge in [-0.05, 0) is 38.5 Å². The molecule has 24 heavy (non-hydrogen) atoms. The van der Waals surface area contributed by atoms with Gasteiger partial charge in [0.25, 0.3) is 7.37 Å². The second-order valence-electron chi connectivity index (χ2n) is 6.02. The monoisotopic (exact) mass is 343 g/mol. The maximum atomic E-state index is 14.1. The van der Waals surface area contributed by atoms with Crippen molar-refractivity contribution < 1.29 is 14.3 Å². The maximum Gasteiger partial charge on any atom is 0.264 e. The summed E-state index contributed by atoms with van der Waals surface area (Å²) in [7, 11) is -3.34. The van der Waals surface area contributed by atoms with E-state index in [0.717, 1.165) is 10.1 Å². The molecule has 0 saturated carbocycles. The van der Waals surface area contributed by atoms with E-state index in [4.69, 9.17) is 4.52 Å². The Kier molecular flexibility index (Phi) is 4.53. The number of fused-ring (bicyclic) bond motifs is 1. The van der Waals surface area contributed by atoms with Gasteiger partial charge in [-0.1, -0.05) is 43.3 Å². The van der Waals surface area contributed by atoms with E-state index in [0.29, 0.717) is 28.2 Å². The van der Waals surface area contributed by atoms with Crippen LogP contribution in [0.4, 0.5) is 0 Å². The highest BCUT2D eigenvalue weighted by Gasteiger charge is 2.36. The van der Waals surface area contributed by atoms with Crippen LogP contribution >= 0.6 is 7.37 Å². The Morgan fingerprint density at radius 3 is 2.33 bits per heavy atom. The zero-order valence-electron chi connectivity index (χ0n) is 14.1. The predicted molar refractivity (Wildman–Crippen MR) is 98.0 cm³/mol. The molecule has 1 aromatic heterocycles. The van der Waals surface area contributed by atoms with Crippen LogP contribution in [0.25, 0.3) is 10.9 Å². The molecule has 2 aromatic carbocycles. The zero-order valence-corrected chi connectivity index (χ0v) is 15.0. The van der Waals surface area contributed by atoms with Gasteiger partial charge in [-0.2, -0.15) is 4.73 Å². The van der Waals surface area contributed by atoms with Crippen LogP contribution in [0.3, 0.4) is 0 Å². The lowest BCUT2D eigenvalue weighted by Gasteiger charge is -2.22. The molecule has 0 spiro atoms. The Morgan fingerprint density at radius 1 is 1.08 bits per heavy atom. The summed E-state index contributed by atoms with van der Waals surface area (Å²) in [4.78, 5) is 0. The van der Waals surface area contributed by atoms with Gasteiger partial charge in [0.1, 0.15) is 0 Å². The quantitative estimate of drug-likeness (QED) is 0.561. The molecule has 0 fully saturated rings. The maximum absolute atomic E-state index is 14.1. The van der Waals surface area contributed by atoms with Crippen molar-refractivity contribution in [3.8, 4) is 0 Å². The van der Waals surface area contributed by atoms with Gasteiger partial charge in [0.05, 0.1) is 22.6 Å². The Hall–Kier alpha value is -2.03. The molecule has 0 aliphatic heterocycles. The average molecular weight is 343 g/mol. The van der Waals surface area contributed by atoms with Crippen LogP contribution in [0.5, 0.6) is 0 Å². The second kappa shape index (κ2) is 6.46. The van der Waals surface area contributed by atoms with Gasteiger partial charge in [-0.3, -0.25) is 4.57 Å². The average Bonchev–Trinajstić information content (AvgIpc) is 2.88. The first-order chi connectivity index (χ1) is 11.5. The Bertz CT molecular complexity index is 900. The van der Waals surface area contributed by atoms with E-state index in [2.05, 4.69) is 0 Å². The van der Waals surface area contributed by atoms with Crippen molar-refractivity contribution in [1.29, 1.82) is 0 Å². The van der Waals surface area contributed by atoms with Gasteiger partial charge < -0.3 is 9.73 Å². The van der Waals surface area contributed by atoms with E-state index in [-0.39, 0.29) is 6.10 Å². The van der Waals surface area contributed by atoms with Gasteiger partial charge in [0, 0.05) is 10.7 Å². The predicted octanol–water partition coefficient (Wildman–Crippen LogP) is 4.09. The normalized spacial score (nSPS) is 14.2. The minimum absolute atomic E-state index is 0.207. The highest BCUT2D eigenvalue weighted by molar-refractivity contribution is 7.75. The van der Waals surface area contributed by atoms with Gasteiger partial charge in [-0.15, -0.1) is 0 Å². The number of aromatic nitrogens is 1. The molecule has 0 radical (unpaired) electrons. The van der Waals surface area contributed by atoms with Crippen LogP contribution in [0.2, 0.25) is 0 Å². The number of benzene rings is 2. The second-order valence-corrected chi connectivity index (χ2v) is 8.30. The molecule has 4 nitrogen and oxygen atoms in total. The summed E-state index contributed by atoms with van der Waals surface area (Å²) in [6, 6.07) is 16.7. The first kappa shape index (κ1) is 16.8. The summed E-state index contributed by atoms with van der Waals surface area (Å²) in [6.45, 7) is 5.69. The summed E-state index contributed by atoms with van der Waals surface area (Å²) in [5.74, 6) is 0. The summed E-state index contributed by atoms with van der Waals surface area (Å²) in [5, 5.41) is 12.6. The Balaban J connectivity index is 2.38. The first-order valence-corrected chi connectivity index (χ1v) is 9.77. The highest BCUT2D eigenvalue weighted by atomic mass is 31.2. The van der Waals surface area contributed by atoms with E-state index in [9.17, 15) is 9.77 Å². The van der Waals surface area contributed by atoms with Crippen LogP contribution in [-0.4, -0.2) is 16.0 Å². The first-order valence-electron chi connectivity index (χ1n) is 8.15. The lowest BCUT2D eigenvalue weighted by molar-refractivity contribution is 0.191. The summed E-state index contributed by atoms with van der Waals surface area (Å²) in [6.07, 6.45) is 0.347. The molecule has 1 atom stereocenters. The van der Waals surface area contributed by atoms with Crippen LogP contribution < -0.4 is 10.6 Å². The largest absolute Gasteiger partial charge is 0.428 e. The van der Waals surface area contributed by atoms with Gasteiger partial charge in [0.15, 0.2) is 0 Å². The fraction of sp³-hybridized carbons (Fsp3) is 0.263. The molecule has 0 saturated heterocycles. The van der Waals surface area contributed by atoms with E-state index in [1.54, 1.807) is 0 Å². The molecule has 0 amide bonds. The summed E-state index contributed by atoms with van der Waals surface area (Å²) in [5.41, 5.74) is 1.27. The smallest absolute Gasteiger partial charge is 0.264 e. The van der Waals surface area contributed by atoms with Crippen LogP contribution in [0, 0.1) is 0 Å². The molecule has 1 N–H and O–H groups in total. The standard InChI is InChI=1S/C19H22NO3P/c1-4-17-19(16-12-8-9-13-18(16)20(17)21)24(22,23-14(2)3)15-10-6-5-7-11-15/h5-14,21H,4H2,1-3H3. The molecule has 0 bridgehead atoms. The van der Waals surface area contributed by atoms with E-state index in [1.807, 2.05) is 75.4 Å². The molecule has 126 valence electrons. The van der Waals surface area contributed by atoms with Crippen molar-refractivity contribution in [2.45, 2.75) is 33.3 Å². The molecular weight excluding hydrogens is 321 g/mol. The highest BCUT2D eigenvalue weighted by Crippen LogP contribution is 2.49. The van der Waals surface area contributed by atoms with Gasteiger partial charge >= 0.3 is 0 Å². The van der Waals surface area contributed by atoms with E-state index < -0.39 is 7.37 Å². The zero-order chi connectivity index (χ0) is 17.3. The van der Waals surface area contributed by atoms with E-state index >= 15 is 0 Å². The number of hydrogen-bond donors (Lipinski definition) is 1. The van der Waals surface area contributed by atoms with Crippen molar-refractivity contribution in [1.82, 2.24) is 4.73 Å². The molecule has 1 heterocycles. The summed E-state index contributed by atoms with van der Waals surface area (Å²) < 4.78 is 21.2. The van der Waals surface area contributed by atoms with Crippen molar-refractivity contribution in [2.75, 3.05) is 0 Å². The minimum atomic E-state index is -3.34. The van der Waals surface area contributed by atoms with Crippen LogP contribution in [0.1, 0.15) is 26.5 Å². The fourth-order valence-corrected chi connectivity index (χ4v) is 5.81. The van der Waals surface area contributed by atoms with Crippen LogP contribution in [0.15, 0.2) is 54.6 Å². The molecule has 3 aromatic rings. The van der Waals surface area contributed by atoms with Gasteiger partial charge in [-0.25, -0.2) is 0 Å². The third kappa shape index (κ3) is 2.66. The molecule has 5 heteroatoms. The summed E-state index contributed by atoms with van der Waals surface area (Å²) >= 11 is 0. The lowest BCUT2D eigenvalue weighted by Crippen LogP contribution is -2.23. The number of para-hydroxylation sites is 1. The SMILES string of the molecule is CCc1c(P(=O)(OC(C)C)c2ccccc2)c2ccccc2n1O. The van der Waals surface area contributed by atoms with E-state index in [1.165, 1.54) is 0 Å². The van der Waals surface area contributed by atoms with Crippen molar-refractivity contribution in [3.63, 3.8) is 0 Å². The third-order valence-corrected chi connectivity index (χ3v) is 6.79. The topological polar surface area (TPSA) is 51.5 Å². The Labute approximate surface area is 142 Å². The number of nitrogens with zero attached hydrogens (tertiary/aromatic N) is 1. The molecular formula is C19H22NO3P. The van der Waals surface area contributed by atoms with Crippen molar-refractivity contribution >= 4 is 28.9 Å². The molecule has 0 aliphatic carbocycles. The molecule has 1 unspecified atom stereocenters. The van der Waals surface area contributed by atoms with Crippen LogP contribution in [-0.2, 0) is 15.5 Å². The number of rotatable bonds is 5. The van der Waals surface area contributed by atoms with Gasteiger partial charge in [0.2, 0.25) is 0 Å². The fourth-order valence-electron chi connectivity index (χ4n) is 3.07. The van der Waals surface area contributed by atoms with Crippen molar-refractivity contribution in [3.05, 3.63) is 60.3 Å². The molecule has 3 rings (SSSR count). The minimum Gasteiger partial charge on any atom is -0.428 e. The Morgan fingerprint density at radius 2 is 1.71 bits per heavy atom. The number of hydrogen-bond acceptors (Lipinski definition) is 3. The lowest BCUT2D eigenvalue weighted by atomic mass is 10.2.